The maximum absolute atomic E-state index is 13.8. The van der Waals surface area contributed by atoms with Gasteiger partial charge in [0.2, 0.25) is 0 Å². The molecule has 0 radical (unpaired) electrons. The van der Waals surface area contributed by atoms with E-state index in [9.17, 15) is 32.7 Å². The molecular weight excluding hydrogens is 512 g/mol. The molecule has 2 saturated carbocycles. The molecule has 3 fully saturated rings. The first-order chi connectivity index (χ1) is 18.6. The Morgan fingerprint density at radius 1 is 1.18 bits per heavy atom. The van der Waals surface area contributed by atoms with E-state index in [0.717, 1.165) is 56.5 Å². The van der Waals surface area contributed by atoms with E-state index >= 15 is 0 Å². The van der Waals surface area contributed by atoms with Gasteiger partial charge in [0.15, 0.2) is 0 Å². The molecule has 208 valence electrons. The van der Waals surface area contributed by atoms with Crippen LogP contribution in [-0.2, 0) is 11.6 Å². The van der Waals surface area contributed by atoms with Gasteiger partial charge in [0.05, 0.1) is 23.3 Å². The van der Waals surface area contributed by atoms with Gasteiger partial charge < -0.3 is 20.2 Å². The van der Waals surface area contributed by atoms with Gasteiger partial charge in [0.1, 0.15) is 5.82 Å². The predicted molar refractivity (Wildman–Crippen MR) is 137 cm³/mol. The second-order valence-electron chi connectivity index (χ2n) is 11.1. The van der Waals surface area contributed by atoms with Crippen molar-refractivity contribution in [1.82, 2.24) is 9.80 Å². The lowest BCUT2D eigenvalue weighted by atomic mass is 9.80. The molecule has 3 aliphatic rings. The Hall–Kier alpha value is -3.16. The molecule has 1 saturated heterocycles. The van der Waals surface area contributed by atoms with Crippen molar-refractivity contribution in [3.8, 4) is 6.07 Å². The summed E-state index contributed by atoms with van der Waals surface area (Å²) in [4.78, 5) is 17.4. The van der Waals surface area contributed by atoms with Crippen LogP contribution in [0.1, 0.15) is 55.2 Å². The Morgan fingerprint density at radius 3 is 2.64 bits per heavy atom. The number of amides is 2. The standard InChI is InChI=1S/C29H32F4N4O2/c30-26-5-4-22(16-25(26)29(31,32)33)35-27(39)37(13-12-36-10-7-24(38)8-11-36)23-6-9-28(17-21(28)15-23)20-3-1-2-19(14-20)18-34/h1-5,14,16,21,23-24,38H,6-13,15,17H2,(H,35,39)/t21?,23-,28-/m1/s1. The lowest BCUT2D eigenvalue weighted by Gasteiger charge is -2.38. The van der Waals surface area contributed by atoms with Crippen LogP contribution < -0.4 is 5.32 Å². The highest BCUT2D eigenvalue weighted by Gasteiger charge is 2.58. The van der Waals surface area contributed by atoms with Gasteiger partial charge in [-0.15, -0.1) is 0 Å². The number of carbonyl (C=O) groups excluding carboxylic acids is 1. The molecule has 3 atom stereocenters. The number of fused-ring (bicyclic) bond motifs is 1. The first-order valence-electron chi connectivity index (χ1n) is 13.4. The van der Waals surface area contributed by atoms with E-state index in [0.29, 0.717) is 43.5 Å². The highest BCUT2D eigenvalue weighted by atomic mass is 19.4. The van der Waals surface area contributed by atoms with Crippen LogP contribution in [0.2, 0.25) is 0 Å². The molecule has 2 amide bonds. The quantitative estimate of drug-likeness (QED) is 0.470. The lowest BCUT2D eigenvalue weighted by Crippen LogP contribution is -2.49. The Morgan fingerprint density at radius 2 is 1.95 bits per heavy atom. The molecule has 1 heterocycles. The Labute approximate surface area is 225 Å². The van der Waals surface area contributed by atoms with Gasteiger partial charge in [-0.1, -0.05) is 12.1 Å². The molecule has 39 heavy (non-hydrogen) atoms. The van der Waals surface area contributed by atoms with Crippen molar-refractivity contribution in [3.05, 3.63) is 65.0 Å². The molecule has 1 aliphatic heterocycles. The Bertz CT molecular complexity index is 1250. The number of aliphatic hydroxyl groups excluding tert-OH is 1. The van der Waals surface area contributed by atoms with Gasteiger partial charge in [0, 0.05) is 37.9 Å². The van der Waals surface area contributed by atoms with Gasteiger partial charge in [-0.05, 0) is 85.8 Å². The monoisotopic (exact) mass is 544 g/mol. The smallest absolute Gasteiger partial charge is 0.393 e. The van der Waals surface area contributed by atoms with Gasteiger partial charge in [-0.3, -0.25) is 0 Å². The van der Waals surface area contributed by atoms with Crippen molar-refractivity contribution in [3.63, 3.8) is 0 Å². The zero-order chi connectivity index (χ0) is 27.8. The number of likely N-dealkylation sites (tertiary alicyclic amines) is 1. The third kappa shape index (κ3) is 5.89. The molecule has 2 aliphatic carbocycles. The summed E-state index contributed by atoms with van der Waals surface area (Å²) < 4.78 is 53.5. The molecule has 1 unspecified atom stereocenters. The van der Waals surface area contributed by atoms with Gasteiger partial charge in [-0.2, -0.15) is 18.4 Å². The van der Waals surface area contributed by atoms with E-state index < -0.39 is 23.6 Å². The maximum Gasteiger partial charge on any atom is 0.419 e. The zero-order valence-corrected chi connectivity index (χ0v) is 21.6. The number of carbonyl (C=O) groups is 1. The number of nitriles is 1. The number of aliphatic hydroxyl groups is 1. The summed E-state index contributed by atoms with van der Waals surface area (Å²) in [6.07, 6.45) is -0.531. The summed E-state index contributed by atoms with van der Waals surface area (Å²) >= 11 is 0. The number of anilines is 1. The molecule has 2 N–H and O–H groups in total. The Kier molecular flexibility index (Phi) is 7.57. The van der Waals surface area contributed by atoms with Gasteiger partial charge >= 0.3 is 12.2 Å². The minimum atomic E-state index is -4.87. The molecule has 2 aromatic rings. The molecule has 6 nitrogen and oxygen atoms in total. The number of hydrogen-bond acceptors (Lipinski definition) is 4. The maximum atomic E-state index is 13.8. The lowest BCUT2D eigenvalue weighted by molar-refractivity contribution is -0.139. The van der Waals surface area contributed by atoms with Crippen LogP contribution in [0, 0.1) is 23.1 Å². The second-order valence-corrected chi connectivity index (χ2v) is 11.1. The van der Waals surface area contributed by atoms with Crippen LogP contribution in [0.15, 0.2) is 42.5 Å². The topological polar surface area (TPSA) is 79.6 Å². The third-order valence-corrected chi connectivity index (χ3v) is 8.72. The molecule has 5 rings (SSSR count). The van der Waals surface area contributed by atoms with E-state index in [1.807, 2.05) is 12.1 Å². The minimum Gasteiger partial charge on any atom is -0.393 e. The number of alkyl halides is 3. The van der Waals surface area contributed by atoms with E-state index in [-0.39, 0.29) is 23.2 Å². The van der Waals surface area contributed by atoms with Crippen LogP contribution in [0.4, 0.5) is 28.0 Å². The summed E-state index contributed by atoms with van der Waals surface area (Å²) in [5, 5.41) is 21.7. The molecule has 10 heteroatoms. The van der Waals surface area contributed by atoms with Crippen LogP contribution >= 0.6 is 0 Å². The minimum absolute atomic E-state index is 0.00703. The molecule has 2 aromatic carbocycles. The molecular formula is C29H32F4N4O2. The van der Waals surface area contributed by atoms with Crippen LogP contribution in [0.3, 0.4) is 0 Å². The first-order valence-corrected chi connectivity index (χ1v) is 13.4. The summed E-state index contributed by atoms with van der Waals surface area (Å²) in [7, 11) is 0. The fraction of sp³-hybridized carbons (Fsp3) is 0.517. The number of piperidine rings is 1. The first kappa shape index (κ1) is 27.4. The van der Waals surface area contributed by atoms with Gasteiger partial charge in [-0.25, -0.2) is 9.18 Å². The highest BCUT2D eigenvalue weighted by Crippen LogP contribution is 2.62. The van der Waals surface area contributed by atoms with E-state index in [1.165, 1.54) is 0 Å². The van der Waals surface area contributed by atoms with Crippen molar-refractivity contribution in [2.45, 2.75) is 62.3 Å². The van der Waals surface area contributed by atoms with Crippen molar-refractivity contribution < 1.29 is 27.5 Å². The largest absolute Gasteiger partial charge is 0.419 e. The molecule has 0 spiro atoms. The fourth-order valence-electron chi connectivity index (χ4n) is 6.40. The van der Waals surface area contributed by atoms with E-state index in [1.54, 1.807) is 11.0 Å². The number of rotatable bonds is 6. The number of nitrogens with zero attached hydrogens (tertiary/aromatic N) is 3. The van der Waals surface area contributed by atoms with Crippen LogP contribution in [-0.4, -0.2) is 59.3 Å². The van der Waals surface area contributed by atoms with E-state index in [2.05, 4.69) is 22.4 Å². The average Bonchev–Trinajstić information content (AvgIpc) is 3.66. The summed E-state index contributed by atoms with van der Waals surface area (Å²) in [6, 6.07) is 11.8. The van der Waals surface area contributed by atoms with Crippen molar-refractivity contribution in [2.75, 3.05) is 31.5 Å². The highest BCUT2D eigenvalue weighted by molar-refractivity contribution is 5.89. The van der Waals surface area contributed by atoms with Crippen LogP contribution in [0.5, 0.6) is 0 Å². The number of nitrogens with one attached hydrogen (secondary N) is 1. The summed E-state index contributed by atoms with van der Waals surface area (Å²) in [5.74, 6) is -1.03. The number of urea groups is 1. The third-order valence-electron chi connectivity index (χ3n) is 8.72. The van der Waals surface area contributed by atoms with Crippen molar-refractivity contribution in [1.29, 1.82) is 5.26 Å². The summed E-state index contributed by atoms with van der Waals surface area (Å²) in [5.41, 5.74) is 0.259. The average molecular weight is 545 g/mol. The Balaban J connectivity index is 1.31. The SMILES string of the molecule is N#Cc1cccc([C@]23CC[C@@H](N(CCN4CCC(O)CC4)C(=O)Nc4ccc(F)c(C(F)(F)F)c4)CC2C3)c1. The zero-order valence-electron chi connectivity index (χ0n) is 21.6. The van der Waals surface area contributed by atoms with E-state index in [4.69, 9.17) is 0 Å². The van der Waals surface area contributed by atoms with Crippen molar-refractivity contribution in [2.24, 2.45) is 5.92 Å². The second kappa shape index (κ2) is 10.8. The number of benzene rings is 2. The fourth-order valence-corrected chi connectivity index (χ4v) is 6.40. The van der Waals surface area contributed by atoms with Gasteiger partial charge in [0.25, 0.3) is 0 Å². The predicted octanol–water partition coefficient (Wildman–Crippen LogP) is 5.52. The normalized spacial score (nSPS) is 25.4. The molecule has 0 aromatic heterocycles. The number of hydrogen-bond donors (Lipinski definition) is 2. The molecule has 0 bridgehead atoms. The number of halogens is 4. The van der Waals surface area contributed by atoms with Crippen LogP contribution in [0.25, 0.3) is 0 Å². The summed E-state index contributed by atoms with van der Waals surface area (Å²) in [6.45, 7) is 2.42. The van der Waals surface area contributed by atoms with Crippen molar-refractivity contribution >= 4 is 11.7 Å².